The lowest BCUT2D eigenvalue weighted by Gasteiger charge is -2.31. The third-order valence-corrected chi connectivity index (χ3v) is 4.48. The first kappa shape index (κ1) is 27.7. The van der Waals surface area contributed by atoms with Crippen LogP contribution in [0.15, 0.2) is 0 Å². The highest BCUT2D eigenvalue weighted by Gasteiger charge is 2.32. The molecule has 0 aromatic rings. The van der Waals surface area contributed by atoms with Crippen molar-refractivity contribution in [1.29, 1.82) is 0 Å². The molecule has 172 valence electrons. The molecule has 0 bridgehead atoms. The van der Waals surface area contributed by atoms with Gasteiger partial charge in [-0.3, -0.25) is 9.59 Å². The standard InChI is InChI=1S/C20H41N3O6/c1-5-20(16-28-18(24)7-10-22-3,17-29-19(25)8-11-23-4)15-27-14-13-26-12-6-9-21-2/h21-23H,5-17H2,1-4H3. The predicted molar refractivity (Wildman–Crippen MR) is 112 cm³/mol. The van der Waals surface area contributed by atoms with Crippen LogP contribution < -0.4 is 16.0 Å². The fourth-order valence-electron chi connectivity index (χ4n) is 2.36. The maximum Gasteiger partial charge on any atom is 0.307 e. The van der Waals surface area contributed by atoms with Crippen molar-refractivity contribution in [3.05, 3.63) is 0 Å². The molecule has 0 aromatic carbocycles. The highest BCUT2D eigenvalue weighted by molar-refractivity contribution is 5.70. The number of esters is 2. The largest absolute Gasteiger partial charge is 0.465 e. The normalized spacial score (nSPS) is 11.4. The number of ether oxygens (including phenoxy) is 4. The molecule has 9 nitrogen and oxygen atoms in total. The molecule has 3 N–H and O–H groups in total. The van der Waals surface area contributed by atoms with Gasteiger partial charge in [0.05, 0.1) is 38.1 Å². The lowest BCUT2D eigenvalue weighted by atomic mass is 9.88. The van der Waals surface area contributed by atoms with E-state index >= 15 is 0 Å². The van der Waals surface area contributed by atoms with Gasteiger partial charge in [0.25, 0.3) is 0 Å². The van der Waals surface area contributed by atoms with E-state index in [4.69, 9.17) is 18.9 Å². The Morgan fingerprint density at radius 3 is 1.72 bits per heavy atom. The molecule has 0 radical (unpaired) electrons. The number of carbonyl (C=O) groups is 2. The molecule has 0 unspecified atom stereocenters. The summed E-state index contributed by atoms with van der Waals surface area (Å²) in [5.74, 6) is -0.571. The van der Waals surface area contributed by atoms with E-state index in [0.717, 1.165) is 13.0 Å². The molecule has 0 heterocycles. The number of nitrogens with one attached hydrogen (secondary N) is 3. The summed E-state index contributed by atoms with van der Waals surface area (Å²) in [5, 5.41) is 8.90. The van der Waals surface area contributed by atoms with Gasteiger partial charge in [0.1, 0.15) is 13.2 Å². The molecule has 0 saturated heterocycles. The molecule has 0 spiro atoms. The summed E-state index contributed by atoms with van der Waals surface area (Å²) in [7, 11) is 5.47. The van der Waals surface area contributed by atoms with Crippen LogP contribution in [0.5, 0.6) is 0 Å². The van der Waals surface area contributed by atoms with Crippen molar-refractivity contribution in [2.45, 2.75) is 32.6 Å². The lowest BCUT2D eigenvalue weighted by molar-refractivity contribution is -0.158. The van der Waals surface area contributed by atoms with Gasteiger partial charge in [-0.15, -0.1) is 0 Å². The second-order valence-electron chi connectivity index (χ2n) is 7.00. The first-order valence-electron chi connectivity index (χ1n) is 10.4. The monoisotopic (exact) mass is 419 g/mol. The number of hydrogen-bond acceptors (Lipinski definition) is 9. The molecule has 0 aliphatic rings. The van der Waals surface area contributed by atoms with Crippen LogP contribution in [0.3, 0.4) is 0 Å². The van der Waals surface area contributed by atoms with Gasteiger partial charge in [-0.25, -0.2) is 0 Å². The van der Waals surface area contributed by atoms with E-state index in [0.29, 0.717) is 58.8 Å². The third-order valence-electron chi connectivity index (χ3n) is 4.48. The van der Waals surface area contributed by atoms with Crippen molar-refractivity contribution in [1.82, 2.24) is 16.0 Å². The van der Waals surface area contributed by atoms with Gasteiger partial charge in [-0.2, -0.15) is 0 Å². The summed E-state index contributed by atoms with van der Waals surface area (Å²) < 4.78 is 22.2. The molecule has 0 aromatic heterocycles. The Morgan fingerprint density at radius 2 is 1.24 bits per heavy atom. The van der Waals surface area contributed by atoms with E-state index in [1.54, 1.807) is 14.1 Å². The quantitative estimate of drug-likeness (QED) is 0.190. The van der Waals surface area contributed by atoms with Crippen molar-refractivity contribution in [2.24, 2.45) is 5.41 Å². The Labute approximate surface area is 175 Å². The van der Waals surface area contributed by atoms with E-state index in [9.17, 15) is 9.59 Å². The Hall–Kier alpha value is -1.26. The average molecular weight is 420 g/mol. The first-order valence-corrected chi connectivity index (χ1v) is 10.4. The van der Waals surface area contributed by atoms with E-state index in [2.05, 4.69) is 16.0 Å². The Balaban J connectivity index is 4.53. The minimum absolute atomic E-state index is 0.147. The fourth-order valence-corrected chi connectivity index (χ4v) is 2.36. The van der Waals surface area contributed by atoms with E-state index in [1.807, 2.05) is 14.0 Å². The smallest absolute Gasteiger partial charge is 0.307 e. The molecule has 0 amide bonds. The maximum atomic E-state index is 11.9. The van der Waals surface area contributed by atoms with Crippen molar-refractivity contribution in [3.63, 3.8) is 0 Å². The van der Waals surface area contributed by atoms with Crippen LogP contribution in [-0.2, 0) is 28.5 Å². The predicted octanol–water partition coefficient (Wildman–Crippen LogP) is 0.331. The molecule has 0 aliphatic heterocycles. The number of rotatable bonds is 20. The molecule has 0 rings (SSSR count). The number of carbonyl (C=O) groups excluding carboxylic acids is 2. The first-order chi connectivity index (χ1) is 14.0. The van der Waals surface area contributed by atoms with Gasteiger partial charge in [0, 0.05) is 19.7 Å². The molecular weight excluding hydrogens is 378 g/mol. The van der Waals surface area contributed by atoms with Crippen molar-refractivity contribution >= 4 is 11.9 Å². The van der Waals surface area contributed by atoms with Gasteiger partial charge >= 0.3 is 11.9 Å². The molecular formula is C20H41N3O6. The van der Waals surface area contributed by atoms with Crippen LogP contribution in [-0.4, -0.2) is 92.4 Å². The van der Waals surface area contributed by atoms with Crippen LogP contribution >= 0.6 is 0 Å². The summed E-state index contributed by atoms with van der Waals surface area (Å²) >= 11 is 0. The summed E-state index contributed by atoms with van der Waals surface area (Å²) in [6.45, 7) is 6.21. The summed E-state index contributed by atoms with van der Waals surface area (Å²) in [6, 6.07) is 0. The molecule has 0 atom stereocenters. The van der Waals surface area contributed by atoms with Gasteiger partial charge in [-0.05, 0) is 40.5 Å². The van der Waals surface area contributed by atoms with E-state index in [1.165, 1.54) is 0 Å². The zero-order chi connectivity index (χ0) is 21.8. The lowest BCUT2D eigenvalue weighted by Crippen LogP contribution is -2.39. The van der Waals surface area contributed by atoms with Gasteiger partial charge in [-0.1, -0.05) is 6.92 Å². The van der Waals surface area contributed by atoms with Crippen molar-refractivity contribution in [2.75, 3.05) is 80.4 Å². The fraction of sp³-hybridized carbons (Fsp3) is 0.900. The summed E-state index contributed by atoms with van der Waals surface area (Å²) in [6.07, 6.45) is 2.17. The van der Waals surface area contributed by atoms with Crippen LogP contribution in [0, 0.1) is 5.41 Å². The van der Waals surface area contributed by atoms with Crippen LogP contribution in [0.25, 0.3) is 0 Å². The molecule has 0 fully saturated rings. The summed E-state index contributed by atoms with van der Waals surface area (Å²) in [4.78, 5) is 23.8. The van der Waals surface area contributed by atoms with Gasteiger partial charge in [0.15, 0.2) is 0 Å². The average Bonchev–Trinajstić information content (AvgIpc) is 2.74. The minimum Gasteiger partial charge on any atom is -0.465 e. The van der Waals surface area contributed by atoms with Crippen molar-refractivity contribution in [3.8, 4) is 0 Å². The second-order valence-corrected chi connectivity index (χ2v) is 7.00. The van der Waals surface area contributed by atoms with E-state index in [-0.39, 0.29) is 25.2 Å². The van der Waals surface area contributed by atoms with Gasteiger partial charge < -0.3 is 34.9 Å². The van der Waals surface area contributed by atoms with E-state index < -0.39 is 5.41 Å². The highest BCUT2D eigenvalue weighted by Crippen LogP contribution is 2.24. The SMILES string of the molecule is CCC(COCCOCCCNC)(COC(=O)CCNC)COC(=O)CCNC. The number of hydrogen-bond donors (Lipinski definition) is 3. The Kier molecular flexibility index (Phi) is 17.9. The summed E-state index contributed by atoms with van der Waals surface area (Å²) in [5.41, 5.74) is -0.573. The van der Waals surface area contributed by atoms with Gasteiger partial charge in [0.2, 0.25) is 0 Å². The minimum atomic E-state index is -0.573. The molecule has 0 saturated carbocycles. The maximum absolute atomic E-state index is 11.9. The molecule has 0 aliphatic carbocycles. The second kappa shape index (κ2) is 18.7. The molecule has 9 heteroatoms. The topological polar surface area (TPSA) is 107 Å². The van der Waals surface area contributed by atoms with Crippen molar-refractivity contribution < 1.29 is 28.5 Å². The van der Waals surface area contributed by atoms with Crippen LogP contribution in [0.2, 0.25) is 0 Å². The zero-order valence-electron chi connectivity index (χ0n) is 18.6. The zero-order valence-corrected chi connectivity index (χ0v) is 18.6. The molecule has 29 heavy (non-hydrogen) atoms. The Morgan fingerprint density at radius 1 is 0.724 bits per heavy atom. The highest BCUT2D eigenvalue weighted by atomic mass is 16.6. The third kappa shape index (κ3) is 15.3. The Bertz CT molecular complexity index is 399. The van der Waals surface area contributed by atoms with Crippen LogP contribution in [0.4, 0.5) is 0 Å². The van der Waals surface area contributed by atoms with Crippen LogP contribution in [0.1, 0.15) is 32.6 Å².